The maximum Gasteiger partial charge on any atom is 0.459 e. The van der Waals surface area contributed by atoms with Gasteiger partial charge in [0.15, 0.2) is 5.69 Å². The number of hydrogen-bond acceptors (Lipinski definition) is 4. The van der Waals surface area contributed by atoms with Crippen molar-refractivity contribution >= 4 is 17.5 Å². The summed E-state index contributed by atoms with van der Waals surface area (Å²) in [5.74, 6) is -8.26. The third-order valence-electron chi connectivity index (χ3n) is 5.84. The van der Waals surface area contributed by atoms with Crippen LogP contribution in [0.1, 0.15) is 57.4 Å². The molecular weight excluding hydrogens is 518 g/mol. The van der Waals surface area contributed by atoms with Gasteiger partial charge in [-0.25, -0.2) is 0 Å². The number of carbonyl (C=O) groups is 2. The molecule has 7 nitrogen and oxygen atoms in total. The maximum absolute atomic E-state index is 14.0. The Morgan fingerprint density at radius 1 is 1.16 bits per heavy atom. The van der Waals surface area contributed by atoms with Crippen LogP contribution in [-0.2, 0) is 19.1 Å². The number of hydrogen-bond donors (Lipinski definition) is 1. The highest BCUT2D eigenvalue weighted by atomic mass is 19.4. The minimum Gasteiger partial charge on any atom is -0.334 e. The summed E-state index contributed by atoms with van der Waals surface area (Å²) in [4.78, 5) is 26.6. The average molecular weight is 537 g/mol. The first-order valence-electron chi connectivity index (χ1n) is 10.7. The van der Waals surface area contributed by atoms with Gasteiger partial charge in [0.05, 0.1) is 6.07 Å². The van der Waals surface area contributed by atoms with Crippen molar-refractivity contribution in [1.82, 2.24) is 15.1 Å². The molecule has 1 heterocycles. The number of nitrogens with one attached hydrogen (secondary N) is 1. The molecule has 0 bridgehead atoms. The molecule has 0 spiro atoms. The number of amides is 2. The first kappa shape index (κ1) is 27.9. The topological polar surface area (TPSA) is 91.0 Å². The molecule has 1 saturated carbocycles. The van der Waals surface area contributed by atoms with Crippen LogP contribution in [0, 0.1) is 18.3 Å². The van der Waals surface area contributed by atoms with Gasteiger partial charge in [-0.2, -0.15) is 45.5 Å². The Hall–Kier alpha value is -3.70. The number of rotatable bonds is 6. The quantitative estimate of drug-likeness (QED) is 0.534. The number of nitriles is 1. The van der Waals surface area contributed by atoms with Crippen molar-refractivity contribution < 1.29 is 44.7 Å². The van der Waals surface area contributed by atoms with E-state index >= 15 is 0 Å². The van der Waals surface area contributed by atoms with Gasteiger partial charge in [0, 0.05) is 24.8 Å². The van der Waals surface area contributed by atoms with E-state index in [-0.39, 0.29) is 22.5 Å². The van der Waals surface area contributed by atoms with Crippen LogP contribution in [0.5, 0.6) is 0 Å². The number of carbonyl (C=O) groups excluding carboxylic acids is 2. The van der Waals surface area contributed by atoms with Gasteiger partial charge < -0.3 is 10.2 Å². The first-order valence-corrected chi connectivity index (χ1v) is 10.7. The van der Waals surface area contributed by atoms with Gasteiger partial charge in [-0.3, -0.25) is 14.3 Å². The van der Waals surface area contributed by atoms with Gasteiger partial charge in [0.25, 0.3) is 11.8 Å². The number of aromatic nitrogens is 2. The number of aryl methyl sites for hydroxylation is 2. The first-order chi connectivity index (χ1) is 16.9. The lowest BCUT2D eigenvalue weighted by atomic mass is 10.0. The molecule has 1 aliphatic rings. The normalized spacial score (nSPS) is 15.2. The van der Waals surface area contributed by atoms with E-state index in [1.54, 1.807) is 0 Å². The molecule has 0 radical (unpaired) electrons. The van der Waals surface area contributed by atoms with E-state index in [1.165, 1.54) is 26.0 Å². The molecule has 1 aliphatic carbocycles. The van der Waals surface area contributed by atoms with Gasteiger partial charge in [-0.1, -0.05) is 6.07 Å². The molecule has 2 aromatic rings. The predicted molar refractivity (Wildman–Crippen MR) is 112 cm³/mol. The smallest absolute Gasteiger partial charge is 0.334 e. The lowest BCUT2D eigenvalue weighted by Gasteiger charge is -2.24. The molecule has 1 aromatic carbocycles. The molecule has 3 rings (SSSR count). The van der Waals surface area contributed by atoms with Crippen LogP contribution in [0.2, 0.25) is 0 Å². The molecule has 1 N–H and O–H groups in total. The van der Waals surface area contributed by atoms with E-state index in [0.717, 1.165) is 6.07 Å². The molecule has 0 atom stereocenters. The van der Waals surface area contributed by atoms with Gasteiger partial charge in [-0.15, -0.1) is 0 Å². The number of alkyl halides is 8. The van der Waals surface area contributed by atoms with Crippen molar-refractivity contribution in [3.8, 4) is 6.07 Å². The van der Waals surface area contributed by atoms with E-state index < -0.39 is 52.6 Å². The van der Waals surface area contributed by atoms with Crippen LogP contribution in [0.25, 0.3) is 0 Å². The van der Waals surface area contributed by atoms with Gasteiger partial charge >= 0.3 is 18.3 Å². The van der Waals surface area contributed by atoms with E-state index in [4.69, 9.17) is 0 Å². The zero-order chi connectivity index (χ0) is 28.1. The summed E-state index contributed by atoms with van der Waals surface area (Å²) >= 11 is 0. The summed E-state index contributed by atoms with van der Waals surface area (Å²) in [5, 5.41) is 14.5. The van der Waals surface area contributed by atoms with E-state index in [2.05, 4.69) is 10.4 Å². The lowest BCUT2D eigenvalue weighted by Crippen LogP contribution is -2.37. The maximum atomic E-state index is 14.0. The van der Waals surface area contributed by atoms with Crippen LogP contribution < -0.4 is 10.2 Å². The molecule has 15 heteroatoms. The molecule has 1 aromatic heterocycles. The second-order valence-electron chi connectivity index (χ2n) is 8.46. The van der Waals surface area contributed by atoms with Crippen molar-refractivity contribution in [2.75, 3.05) is 11.4 Å². The largest absolute Gasteiger partial charge is 0.459 e. The van der Waals surface area contributed by atoms with Gasteiger partial charge in [0.1, 0.15) is 16.8 Å². The molecule has 1 fully saturated rings. The number of benzene rings is 1. The van der Waals surface area contributed by atoms with E-state index in [0.29, 0.717) is 30.4 Å². The fourth-order valence-corrected chi connectivity index (χ4v) is 3.66. The summed E-state index contributed by atoms with van der Waals surface area (Å²) in [7, 11) is 0.636. The highest BCUT2D eigenvalue weighted by Crippen LogP contribution is 2.48. The Morgan fingerprint density at radius 2 is 1.76 bits per heavy atom. The molecule has 2 amide bonds. The standard InChI is InChI=1S/C22H19F8N5O2/c1-4-35(12-6-5-11(2)13(9-12)17(36)32-19(10-31)7-8-19)18(37)15-14(21(25,26)27)16(33-34(15)3)20(23,24)22(28,29)30/h5-6,9H,4,7-8H2,1-3H3,(H,32,36). The van der Waals surface area contributed by atoms with Gasteiger partial charge in [-0.05, 0) is 44.4 Å². The Bertz CT molecular complexity index is 1290. The fraction of sp³-hybridized carbons (Fsp3) is 0.455. The van der Waals surface area contributed by atoms with Crippen LogP contribution in [0.15, 0.2) is 18.2 Å². The number of anilines is 1. The van der Waals surface area contributed by atoms with Crippen LogP contribution in [-0.4, -0.2) is 39.9 Å². The second-order valence-corrected chi connectivity index (χ2v) is 8.46. The molecule has 0 unspecified atom stereocenters. The Balaban J connectivity index is 2.11. The predicted octanol–water partition coefficient (Wildman–Crippen LogP) is 4.85. The monoisotopic (exact) mass is 537 g/mol. The zero-order valence-corrected chi connectivity index (χ0v) is 19.5. The molecular formula is C22H19F8N5O2. The summed E-state index contributed by atoms with van der Waals surface area (Å²) in [6, 6.07) is 5.73. The van der Waals surface area contributed by atoms with Crippen molar-refractivity contribution in [3.63, 3.8) is 0 Å². The van der Waals surface area contributed by atoms with E-state index in [9.17, 15) is 50.0 Å². The third-order valence-corrected chi connectivity index (χ3v) is 5.84. The van der Waals surface area contributed by atoms with Crippen molar-refractivity contribution in [2.45, 2.75) is 50.5 Å². The Kier molecular flexibility index (Phi) is 6.78. The Labute approximate surface area is 204 Å². The average Bonchev–Trinajstić information content (AvgIpc) is 3.45. The summed E-state index contributed by atoms with van der Waals surface area (Å²) in [6.07, 6.45) is -11.4. The fourth-order valence-electron chi connectivity index (χ4n) is 3.66. The third kappa shape index (κ3) is 4.96. The zero-order valence-electron chi connectivity index (χ0n) is 19.5. The van der Waals surface area contributed by atoms with Crippen LogP contribution in [0.3, 0.4) is 0 Å². The Morgan fingerprint density at radius 3 is 2.22 bits per heavy atom. The SMILES string of the molecule is CCN(C(=O)c1c(C(F)(F)F)c(C(F)(F)C(F)(F)F)nn1C)c1ccc(C)c(C(=O)NC2(C#N)CC2)c1. The lowest BCUT2D eigenvalue weighted by molar-refractivity contribution is -0.292. The molecule has 0 saturated heterocycles. The summed E-state index contributed by atoms with van der Waals surface area (Å²) in [5.41, 5.74) is -7.52. The molecule has 0 aliphatic heterocycles. The minimum atomic E-state index is -6.41. The van der Waals surface area contributed by atoms with Crippen LogP contribution in [0.4, 0.5) is 40.8 Å². The number of nitrogens with zero attached hydrogens (tertiary/aromatic N) is 4. The van der Waals surface area contributed by atoms with Crippen molar-refractivity contribution in [1.29, 1.82) is 5.26 Å². The van der Waals surface area contributed by atoms with Gasteiger partial charge in [0.2, 0.25) is 0 Å². The summed E-state index contributed by atoms with van der Waals surface area (Å²) < 4.78 is 108. The highest BCUT2D eigenvalue weighted by Gasteiger charge is 2.64. The van der Waals surface area contributed by atoms with Crippen molar-refractivity contribution in [3.05, 3.63) is 46.3 Å². The van der Waals surface area contributed by atoms with Crippen molar-refractivity contribution in [2.24, 2.45) is 7.05 Å². The molecule has 200 valence electrons. The van der Waals surface area contributed by atoms with Crippen LogP contribution >= 0.6 is 0 Å². The van der Waals surface area contributed by atoms with E-state index in [1.807, 2.05) is 6.07 Å². The minimum absolute atomic E-state index is 0.0179. The number of halogens is 8. The summed E-state index contributed by atoms with van der Waals surface area (Å²) in [6.45, 7) is 2.50. The second kappa shape index (κ2) is 9.00. The highest BCUT2D eigenvalue weighted by molar-refractivity contribution is 6.07. The molecule has 37 heavy (non-hydrogen) atoms.